The van der Waals surface area contributed by atoms with E-state index in [0.29, 0.717) is 6.42 Å². The van der Waals surface area contributed by atoms with E-state index in [1.807, 2.05) is 0 Å². The summed E-state index contributed by atoms with van der Waals surface area (Å²) in [5, 5.41) is 8.70. The van der Waals surface area contributed by atoms with Crippen molar-refractivity contribution >= 4 is 21.0 Å². The van der Waals surface area contributed by atoms with Crippen molar-refractivity contribution in [1.29, 1.82) is 0 Å². The number of carbonyl (C=O) groups is 1. The third-order valence-corrected chi connectivity index (χ3v) is 5.73. The third kappa shape index (κ3) is 4.54. The fourth-order valence-corrected chi connectivity index (χ4v) is 3.91. The lowest BCUT2D eigenvalue weighted by molar-refractivity contribution is -0.138. The van der Waals surface area contributed by atoms with E-state index >= 15 is 0 Å². The summed E-state index contributed by atoms with van der Waals surface area (Å²) in [5.41, 5.74) is 5.63. The molecule has 0 aromatic heterocycles. The number of nitrogens with two attached hydrogens (primary N) is 1. The molecule has 0 bridgehead atoms. The second-order valence-electron chi connectivity index (χ2n) is 5.88. The van der Waals surface area contributed by atoms with Crippen molar-refractivity contribution in [2.75, 3.05) is 0 Å². The second-order valence-corrected chi connectivity index (χ2v) is 7.77. The van der Waals surface area contributed by atoms with Crippen LogP contribution in [0.2, 0.25) is 0 Å². The van der Waals surface area contributed by atoms with Gasteiger partial charge in [-0.2, -0.15) is 0 Å². The van der Waals surface area contributed by atoms with Crippen LogP contribution >= 0.6 is 0 Å². The molecule has 1 saturated carbocycles. The van der Waals surface area contributed by atoms with Gasteiger partial charge in [-0.05, 0) is 24.5 Å². The van der Waals surface area contributed by atoms with Crippen LogP contribution in [0.25, 0.3) is 0 Å². The van der Waals surface area contributed by atoms with Crippen molar-refractivity contribution in [3.63, 3.8) is 0 Å². The average Bonchev–Trinajstić information content (AvgIpc) is 2.55. The highest BCUT2D eigenvalue weighted by molar-refractivity contribution is 8.06. The fourth-order valence-electron chi connectivity index (χ4n) is 2.89. The summed E-state index contributed by atoms with van der Waals surface area (Å²) in [7, 11) is -3.94. The van der Waals surface area contributed by atoms with Gasteiger partial charge in [0.05, 0.1) is 4.90 Å². The number of sulfone groups is 1. The number of aliphatic carboxylic acids is 1. The van der Waals surface area contributed by atoms with Crippen LogP contribution in [-0.4, -0.2) is 30.7 Å². The van der Waals surface area contributed by atoms with Gasteiger partial charge in [-0.3, -0.25) is 0 Å². The lowest BCUT2D eigenvalue weighted by atomic mass is 9.85. The van der Waals surface area contributed by atoms with Crippen molar-refractivity contribution < 1.29 is 18.3 Å². The largest absolute Gasteiger partial charge is 0.480 e. The van der Waals surface area contributed by atoms with Crippen LogP contribution in [0.4, 0.5) is 0 Å². The molecule has 0 radical (unpaired) electrons. The van der Waals surface area contributed by atoms with E-state index < -0.39 is 27.0 Å². The standard InChI is InChI=1S/C16H22N2O4S/c17-16(23(21,22)13-9-5-2-6-10-13)18-14(15(19)20)11-12-7-3-1-4-8-12/h2,5-6,9-10,12,14H,1,3-4,7-8,11H2,(H2,17,18)(H,19,20). The summed E-state index contributed by atoms with van der Waals surface area (Å²) in [6.07, 6.45) is 5.59. The predicted octanol–water partition coefficient (Wildman–Crippen LogP) is 2.20. The number of nitrogens with zero attached hydrogens (tertiary/aromatic N) is 1. The molecule has 7 heteroatoms. The van der Waals surface area contributed by atoms with Crippen molar-refractivity contribution in [1.82, 2.24) is 0 Å². The Morgan fingerprint density at radius 3 is 2.39 bits per heavy atom. The summed E-state index contributed by atoms with van der Waals surface area (Å²) in [6, 6.07) is 6.56. The van der Waals surface area contributed by atoms with Gasteiger partial charge in [-0.25, -0.2) is 18.2 Å². The third-order valence-electron chi connectivity index (χ3n) is 4.18. The molecule has 0 heterocycles. The first kappa shape index (κ1) is 17.5. The van der Waals surface area contributed by atoms with Gasteiger partial charge in [-0.1, -0.05) is 50.3 Å². The molecule has 1 unspecified atom stereocenters. The van der Waals surface area contributed by atoms with Gasteiger partial charge < -0.3 is 10.8 Å². The Hall–Kier alpha value is -1.89. The maximum absolute atomic E-state index is 12.3. The Balaban J connectivity index is 2.19. The zero-order chi connectivity index (χ0) is 16.9. The van der Waals surface area contributed by atoms with Crippen molar-refractivity contribution in [3.8, 4) is 0 Å². The van der Waals surface area contributed by atoms with Crippen LogP contribution in [0.5, 0.6) is 0 Å². The highest BCUT2D eigenvalue weighted by Gasteiger charge is 2.27. The molecule has 3 N–H and O–H groups in total. The molecule has 23 heavy (non-hydrogen) atoms. The molecule has 126 valence electrons. The second kappa shape index (κ2) is 7.59. The number of benzene rings is 1. The van der Waals surface area contributed by atoms with Crippen LogP contribution in [0.15, 0.2) is 40.2 Å². The molecule has 1 aromatic rings. The van der Waals surface area contributed by atoms with Crippen LogP contribution in [0.3, 0.4) is 0 Å². The number of rotatable bonds is 5. The van der Waals surface area contributed by atoms with Gasteiger partial charge in [-0.15, -0.1) is 0 Å². The smallest absolute Gasteiger partial charge is 0.328 e. The van der Waals surface area contributed by atoms with E-state index in [4.69, 9.17) is 5.73 Å². The van der Waals surface area contributed by atoms with E-state index in [0.717, 1.165) is 25.7 Å². The van der Waals surface area contributed by atoms with Crippen LogP contribution in [0.1, 0.15) is 38.5 Å². The highest BCUT2D eigenvalue weighted by atomic mass is 32.2. The number of aliphatic imine (C=N–C) groups is 1. The predicted molar refractivity (Wildman–Crippen MR) is 87.9 cm³/mol. The molecule has 1 aliphatic rings. The summed E-state index contributed by atoms with van der Waals surface area (Å²) < 4.78 is 24.7. The van der Waals surface area contributed by atoms with Crippen molar-refractivity contribution in [2.24, 2.45) is 16.6 Å². The fraction of sp³-hybridized carbons (Fsp3) is 0.500. The molecule has 0 saturated heterocycles. The Kier molecular flexibility index (Phi) is 5.76. The quantitative estimate of drug-likeness (QED) is 0.632. The first-order chi connectivity index (χ1) is 10.9. The zero-order valence-corrected chi connectivity index (χ0v) is 13.7. The minimum Gasteiger partial charge on any atom is -0.480 e. The van der Waals surface area contributed by atoms with Crippen LogP contribution < -0.4 is 5.73 Å². The lowest BCUT2D eigenvalue weighted by Gasteiger charge is -2.23. The summed E-state index contributed by atoms with van der Waals surface area (Å²) >= 11 is 0. The van der Waals surface area contributed by atoms with Gasteiger partial charge in [0.2, 0.25) is 15.0 Å². The Bertz CT molecular complexity index is 665. The number of hydrogen-bond acceptors (Lipinski definition) is 4. The molecular formula is C16H22N2O4S. The van der Waals surface area contributed by atoms with E-state index in [1.165, 1.54) is 18.6 Å². The number of hydrogen-bond donors (Lipinski definition) is 2. The SMILES string of the molecule is NC(=NC(CC1CCCCC1)C(=O)O)S(=O)(=O)c1ccccc1. The van der Waals surface area contributed by atoms with E-state index in [1.54, 1.807) is 18.2 Å². The molecule has 2 rings (SSSR count). The van der Waals surface area contributed by atoms with Crippen LogP contribution in [-0.2, 0) is 14.6 Å². The van der Waals surface area contributed by atoms with E-state index in [-0.39, 0.29) is 10.8 Å². The molecule has 6 nitrogen and oxygen atoms in total. The highest BCUT2D eigenvalue weighted by Crippen LogP contribution is 2.28. The lowest BCUT2D eigenvalue weighted by Crippen LogP contribution is -2.30. The molecular weight excluding hydrogens is 316 g/mol. The van der Waals surface area contributed by atoms with Gasteiger partial charge in [0.15, 0.2) is 6.04 Å². The minimum absolute atomic E-state index is 0.0167. The monoisotopic (exact) mass is 338 g/mol. The number of carboxylic acids is 1. The maximum atomic E-state index is 12.3. The maximum Gasteiger partial charge on any atom is 0.328 e. The Labute approximate surface area is 136 Å². The van der Waals surface area contributed by atoms with E-state index in [9.17, 15) is 18.3 Å². The molecule has 1 fully saturated rings. The molecule has 1 atom stereocenters. The average molecular weight is 338 g/mol. The topological polar surface area (TPSA) is 110 Å². The number of amidine groups is 1. The minimum atomic E-state index is -3.94. The Morgan fingerprint density at radius 1 is 1.22 bits per heavy atom. The van der Waals surface area contributed by atoms with Crippen molar-refractivity contribution in [3.05, 3.63) is 30.3 Å². The summed E-state index contributed by atoms with van der Waals surface area (Å²) in [6.45, 7) is 0. The Morgan fingerprint density at radius 2 is 1.83 bits per heavy atom. The van der Waals surface area contributed by atoms with Gasteiger partial charge in [0, 0.05) is 0 Å². The molecule has 1 aromatic carbocycles. The first-order valence-corrected chi connectivity index (χ1v) is 9.26. The first-order valence-electron chi connectivity index (χ1n) is 7.77. The number of carboxylic acid groups (broad SMARTS) is 1. The molecule has 1 aliphatic carbocycles. The molecule has 0 spiro atoms. The van der Waals surface area contributed by atoms with Crippen LogP contribution in [0, 0.1) is 5.92 Å². The molecule has 0 aliphatic heterocycles. The molecule has 0 amide bonds. The summed E-state index contributed by atoms with van der Waals surface area (Å²) in [5.74, 6) is -0.873. The zero-order valence-electron chi connectivity index (χ0n) is 12.9. The normalized spacial score (nSPS) is 18.5. The van der Waals surface area contributed by atoms with E-state index in [2.05, 4.69) is 4.99 Å². The summed E-state index contributed by atoms with van der Waals surface area (Å²) in [4.78, 5) is 15.3. The van der Waals surface area contributed by atoms with Gasteiger partial charge >= 0.3 is 5.97 Å². The van der Waals surface area contributed by atoms with Crippen molar-refractivity contribution in [2.45, 2.75) is 49.5 Å². The van der Waals surface area contributed by atoms with Gasteiger partial charge in [0.25, 0.3) is 0 Å². The van der Waals surface area contributed by atoms with Gasteiger partial charge in [0.1, 0.15) is 0 Å².